The van der Waals surface area contributed by atoms with Gasteiger partial charge in [-0.05, 0) is 37.1 Å². The minimum absolute atomic E-state index is 0.113. The highest BCUT2D eigenvalue weighted by Crippen LogP contribution is 2.25. The first-order chi connectivity index (χ1) is 10.2. The van der Waals surface area contributed by atoms with Crippen molar-refractivity contribution in [3.8, 4) is 0 Å². The molecule has 0 atom stereocenters. The fraction of sp³-hybridized carbons (Fsp3) is 0.375. The Balaban J connectivity index is 1.58. The van der Waals surface area contributed by atoms with Gasteiger partial charge in [-0.25, -0.2) is 0 Å². The van der Waals surface area contributed by atoms with Gasteiger partial charge in [0.2, 0.25) is 11.7 Å². The molecule has 1 amide bonds. The summed E-state index contributed by atoms with van der Waals surface area (Å²) in [7, 11) is 0. The van der Waals surface area contributed by atoms with Crippen molar-refractivity contribution in [1.82, 2.24) is 5.32 Å². The van der Waals surface area contributed by atoms with Crippen molar-refractivity contribution in [3.63, 3.8) is 0 Å². The summed E-state index contributed by atoms with van der Waals surface area (Å²) in [5.41, 5.74) is 0. The van der Waals surface area contributed by atoms with Crippen LogP contribution >= 0.6 is 11.3 Å². The number of furan rings is 1. The van der Waals surface area contributed by atoms with E-state index >= 15 is 0 Å². The monoisotopic (exact) mass is 303 g/mol. The summed E-state index contributed by atoms with van der Waals surface area (Å²) in [6.45, 7) is 0.492. The van der Waals surface area contributed by atoms with Crippen LogP contribution in [0.3, 0.4) is 0 Å². The van der Waals surface area contributed by atoms with Crippen LogP contribution in [0.1, 0.15) is 46.0 Å². The molecule has 1 aliphatic carbocycles. The SMILES string of the molecule is O=C(c1ccco1)c1ccc(CNC(=O)C2CCCC2)s1. The van der Waals surface area contributed by atoms with Crippen LogP contribution in [0, 0.1) is 5.92 Å². The number of amides is 1. The van der Waals surface area contributed by atoms with E-state index in [4.69, 9.17) is 4.42 Å². The van der Waals surface area contributed by atoms with E-state index in [-0.39, 0.29) is 17.6 Å². The lowest BCUT2D eigenvalue weighted by atomic mass is 10.1. The average Bonchev–Trinajstić information content (AvgIpc) is 3.26. The van der Waals surface area contributed by atoms with Crippen LogP contribution in [0.25, 0.3) is 0 Å². The quantitative estimate of drug-likeness (QED) is 0.861. The van der Waals surface area contributed by atoms with Crippen molar-refractivity contribution >= 4 is 23.0 Å². The van der Waals surface area contributed by atoms with Gasteiger partial charge in [-0.1, -0.05) is 12.8 Å². The minimum Gasteiger partial charge on any atom is -0.461 e. The third-order valence-electron chi connectivity index (χ3n) is 3.79. The Morgan fingerprint density at radius 1 is 1.24 bits per heavy atom. The summed E-state index contributed by atoms with van der Waals surface area (Å²) in [4.78, 5) is 25.7. The van der Waals surface area contributed by atoms with E-state index in [2.05, 4.69) is 5.32 Å². The first-order valence-corrected chi connectivity index (χ1v) is 8.00. The van der Waals surface area contributed by atoms with Crippen LogP contribution in [0.2, 0.25) is 0 Å². The average molecular weight is 303 g/mol. The predicted octanol–water partition coefficient (Wildman–Crippen LogP) is 3.38. The van der Waals surface area contributed by atoms with Gasteiger partial charge in [0.15, 0.2) is 5.76 Å². The van der Waals surface area contributed by atoms with Gasteiger partial charge in [-0.2, -0.15) is 0 Å². The first kappa shape index (κ1) is 14.1. The summed E-state index contributed by atoms with van der Waals surface area (Å²) >= 11 is 1.40. The number of hydrogen-bond donors (Lipinski definition) is 1. The summed E-state index contributed by atoms with van der Waals surface area (Å²) in [6, 6.07) is 7.02. The lowest BCUT2D eigenvalue weighted by molar-refractivity contribution is -0.124. The van der Waals surface area contributed by atoms with Crippen LogP contribution in [0.4, 0.5) is 0 Å². The molecule has 0 saturated heterocycles. The summed E-state index contributed by atoms with van der Waals surface area (Å²) in [5, 5.41) is 2.96. The maximum absolute atomic E-state index is 12.1. The van der Waals surface area contributed by atoms with Gasteiger partial charge < -0.3 is 9.73 Å². The molecule has 3 rings (SSSR count). The molecule has 2 heterocycles. The molecule has 0 bridgehead atoms. The number of ketones is 1. The number of hydrogen-bond acceptors (Lipinski definition) is 4. The fourth-order valence-corrected chi connectivity index (χ4v) is 3.52. The van der Waals surface area contributed by atoms with Crippen molar-refractivity contribution in [2.75, 3.05) is 0 Å². The van der Waals surface area contributed by atoms with Crippen molar-refractivity contribution in [2.24, 2.45) is 5.92 Å². The van der Waals surface area contributed by atoms with E-state index in [9.17, 15) is 9.59 Å². The molecule has 1 N–H and O–H groups in total. The highest BCUT2D eigenvalue weighted by molar-refractivity contribution is 7.14. The van der Waals surface area contributed by atoms with Crippen molar-refractivity contribution in [2.45, 2.75) is 32.2 Å². The molecule has 1 fully saturated rings. The zero-order chi connectivity index (χ0) is 14.7. The topological polar surface area (TPSA) is 59.3 Å². The molecule has 110 valence electrons. The molecule has 0 radical (unpaired) electrons. The summed E-state index contributed by atoms with van der Waals surface area (Å²) in [5.74, 6) is 0.547. The predicted molar refractivity (Wildman–Crippen MR) is 80.3 cm³/mol. The van der Waals surface area contributed by atoms with Crippen LogP contribution in [-0.4, -0.2) is 11.7 Å². The molecule has 1 aliphatic rings. The lowest BCUT2D eigenvalue weighted by Gasteiger charge is -2.08. The van der Waals surface area contributed by atoms with Crippen LogP contribution < -0.4 is 5.32 Å². The third kappa shape index (κ3) is 3.24. The Bertz CT molecular complexity index is 624. The maximum atomic E-state index is 12.1. The maximum Gasteiger partial charge on any atom is 0.238 e. The Kier molecular flexibility index (Phi) is 4.20. The fourth-order valence-electron chi connectivity index (χ4n) is 2.63. The number of rotatable bonds is 5. The zero-order valence-electron chi connectivity index (χ0n) is 11.6. The minimum atomic E-state index is -0.113. The Labute approximate surface area is 127 Å². The van der Waals surface area contributed by atoms with E-state index in [1.807, 2.05) is 6.07 Å². The molecule has 0 aromatic carbocycles. The Morgan fingerprint density at radius 2 is 2.05 bits per heavy atom. The van der Waals surface area contributed by atoms with Crippen molar-refractivity contribution in [1.29, 1.82) is 0 Å². The second kappa shape index (κ2) is 6.26. The number of carbonyl (C=O) groups is 2. The molecule has 4 nitrogen and oxygen atoms in total. The van der Waals surface area contributed by atoms with Crippen LogP contribution in [-0.2, 0) is 11.3 Å². The van der Waals surface area contributed by atoms with Gasteiger partial charge >= 0.3 is 0 Å². The first-order valence-electron chi connectivity index (χ1n) is 7.18. The van der Waals surface area contributed by atoms with Crippen LogP contribution in [0.5, 0.6) is 0 Å². The Hall–Kier alpha value is -1.88. The third-order valence-corrected chi connectivity index (χ3v) is 4.88. The number of thiophene rings is 1. The molecular weight excluding hydrogens is 286 g/mol. The van der Waals surface area contributed by atoms with Gasteiger partial charge in [0.25, 0.3) is 0 Å². The van der Waals surface area contributed by atoms with Gasteiger partial charge in [0.05, 0.1) is 17.7 Å². The molecule has 21 heavy (non-hydrogen) atoms. The molecule has 1 saturated carbocycles. The van der Waals surface area contributed by atoms with Gasteiger partial charge in [0.1, 0.15) is 0 Å². The van der Waals surface area contributed by atoms with Gasteiger partial charge in [-0.15, -0.1) is 11.3 Å². The second-order valence-corrected chi connectivity index (χ2v) is 6.44. The molecule has 0 spiro atoms. The van der Waals surface area contributed by atoms with E-state index in [1.54, 1.807) is 18.2 Å². The van der Waals surface area contributed by atoms with Gasteiger partial charge in [-0.3, -0.25) is 9.59 Å². The summed E-state index contributed by atoms with van der Waals surface area (Å²) < 4.78 is 5.11. The second-order valence-electron chi connectivity index (χ2n) is 5.27. The van der Waals surface area contributed by atoms with Crippen molar-refractivity contribution in [3.05, 3.63) is 46.0 Å². The zero-order valence-corrected chi connectivity index (χ0v) is 12.4. The molecule has 2 aromatic rings. The van der Waals surface area contributed by atoms with E-state index in [1.165, 1.54) is 17.6 Å². The van der Waals surface area contributed by atoms with E-state index < -0.39 is 0 Å². The lowest BCUT2D eigenvalue weighted by Crippen LogP contribution is -2.28. The normalized spacial score (nSPS) is 15.2. The van der Waals surface area contributed by atoms with Crippen molar-refractivity contribution < 1.29 is 14.0 Å². The smallest absolute Gasteiger partial charge is 0.238 e. The van der Waals surface area contributed by atoms with Gasteiger partial charge in [0, 0.05) is 10.8 Å². The molecule has 0 aliphatic heterocycles. The summed E-state index contributed by atoms with van der Waals surface area (Å²) in [6.07, 6.45) is 5.79. The van der Waals surface area contributed by atoms with Crippen LogP contribution in [0.15, 0.2) is 34.9 Å². The van der Waals surface area contributed by atoms with E-state index in [0.29, 0.717) is 17.2 Å². The largest absolute Gasteiger partial charge is 0.461 e. The highest BCUT2D eigenvalue weighted by Gasteiger charge is 2.22. The number of carbonyl (C=O) groups excluding carboxylic acids is 2. The molecule has 0 unspecified atom stereocenters. The standard InChI is InChI=1S/C16H17NO3S/c18-15(13-6-3-9-20-13)14-8-7-12(21-14)10-17-16(19)11-4-1-2-5-11/h3,6-9,11H,1-2,4-5,10H2,(H,17,19). The Morgan fingerprint density at radius 3 is 2.76 bits per heavy atom. The molecular formula is C16H17NO3S. The molecule has 2 aromatic heterocycles. The van der Waals surface area contributed by atoms with E-state index in [0.717, 1.165) is 30.6 Å². The number of nitrogens with one attached hydrogen (secondary N) is 1. The molecule has 5 heteroatoms. The highest BCUT2D eigenvalue weighted by atomic mass is 32.1.